The van der Waals surface area contributed by atoms with E-state index in [1.54, 1.807) is 32.9 Å². The molecule has 0 radical (unpaired) electrons. The standard InChI is InChI=1S/C37H49ClN4O8S/c1-37(2,3)50-36(44)39-19-22-48-24-26-49-25-23-47-21-17-35(43)41-31-13-15-32(16-14-31)51(45,46)40-18-6-20-42-33-8-5-4-7-28(33)9-10-29-11-12-30(38)27-34(29)42/h4-5,7-8,11-16,27,40H,6,9-10,17-26H2,1-3H3,(H,39,44)(H,41,43). The van der Waals surface area contributed by atoms with Crippen LogP contribution in [0.2, 0.25) is 5.02 Å². The van der Waals surface area contributed by atoms with Crippen molar-refractivity contribution in [2.75, 3.05) is 69.5 Å². The van der Waals surface area contributed by atoms with Crippen molar-refractivity contribution >= 4 is 50.7 Å². The van der Waals surface area contributed by atoms with Crippen LogP contribution in [0.15, 0.2) is 71.6 Å². The van der Waals surface area contributed by atoms with Crippen LogP contribution in [0, 0.1) is 0 Å². The third kappa shape index (κ3) is 13.7. The second-order valence-electron chi connectivity index (χ2n) is 12.9. The Hall–Kier alpha value is -3.72. The molecule has 0 saturated carbocycles. The minimum absolute atomic E-state index is 0.115. The van der Waals surface area contributed by atoms with Gasteiger partial charge < -0.3 is 34.5 Å². The van der Waals surface area contributed by atoms with Crippen molar-refractivity contribution in [3.63, 3.8) is 0 Å². The van der Waals surface area contributed by atoms with E-state index in [0.29, 0.717) is 63.3 Å². The zero-order chi connectivity index (χ0) is 36.7. The van der Waals surface area contributed by atoms with Gasteiger partial charge in [0, 0.05) is 41.7 Å². The highest BCUT2D eigenvalue weighted by atomic mass is 35.5. The first-order valence-electron chi connectivity index (χ1n) is 17.1. The molecule has 0 saturated heterocycles. The molecule has 1 heterocycles. The monoisotopic (exact) mass is 744 g/mol. The summed E-state index contributed by atoms with van der Waals surface area (Å²) in [6.07, 6.45) is 2.05. The number of nitrogens with zero attached hydrogens (tertiary/aromatic N) is 1. The van der Waals surface area contributed by atoms with Crippen LogP contribution in [0.4, 0.5) is 21.9 Å². The first-order chi connectivity index (χ1) is 24.4. The predicted molar refractivity (Wildman–Crippen MR) is 198 cm³/mol. The lowest BCUT2D eigenvalue weighted by Gasteiger charge is -2.27. The summed E-state index contributed by atoms with van der Waals surface area (Å²) in [6.45, 7) is 8.55. The number of benzene rings is 3. The van der Waals surface area contributed by atoms with Gasteiger partial charge in [-0.1, -0.05) is 35.9 Å². The molecule has 278 valence electrons. The van der Waals surface area contributed by atoms with Crippen LogP contribution < -0.4 is 20.3 Å². The van der Waals surface area contributed by atoms with E-state index in [0.717, 1.165) is 24.2 Å². The minimum Gasteiger partial charge on any atom is -0.444 e. The van der Waals surface area contributed by atoms with E-state index in [1.807, 2.05) is 24.3 Å². The van der Waals surface area contributed by atoms with E-state index in [2.05, 4.69) is 38.5 Å². The largest absolute Gasteiger partial charge is 0.444 e. The van der Waals surface area contributed by atoms with Crippen LogP contribution in [0.25, 0.3) is 0 Å². The number of fused-ring (bicyclic) bond motifs is 2. The van der Waals surface area contributed by atoms with Gasteiger partial charge in [-0.25, -0.2) is 17.9 Å². The van der Waals surface area contributed by atoms with Crippen molar-refractivity contribution in [2.24, 2.45) is 0 Å². The van der Waals surface area contributed by atoms with Crippen molar-refractivity contribution in [3.8, 4) is 0 Å². The molecule has 4 rings (SSSR count). The molecule has 0 unspecified atom stereocenters. The Morgan fingerprint density at radius 3 is 2.16 bits per heavy atom. The molecular weight excluding hydrogens is 696 g/mol. The number of anilines is 3. The number of amides is 2. The molecule has 14 heteroatoms. The molecule has 2 amide bonds. The van der Waals surface area contributed by atoms with E-state index in [9.17, 15) is 18.0 Å². The van der Waals surface area contributed by atoms with Gasteiger partial charge in [0.2, 0.25) is 15.9 Å². The third-order valence-corrected chi connectivity index (χ3v) is 9.43. The average Bonchev–Trinajstić information content (AvgIpc) is 3.23. The van der Waals surface area contributed by atoms with Crippen molar-refractivity contribution in [1.29, 1.82) is 0 Å². The lowest BCUT2D eigenvalue weighted by molar-refractivity contribution is -0.117. The number of rotatable bonds is 19. The van der Waals surface area contributed by atoms with Crippen LogP contribution in [0.3, 0.4) is 0 Å². The highest BCUT2D eigenvalue weighted by Gasteiger charge is 2.21. The number of sulfonamides is 1. The van der Waals surface area contributed by atoms with Crippen LogP contribution in [0.1, 0.15) is 44.7 Å². The fraction of sp³-hybridized carbons (Fsp3) is 0.459. The molecular formula is C37H49ClN4O8S. The molecule has 1 aliphatic rings. The first kappa shape index (κ1) is 40.1. The van der Waals surface area contributed by atoms with Crippen molar-refractivity contribution < 1.29 is 37.0 Å². The fourth-order valence-electron chi connectivity index (χ4n) is 5.34. The first-order valence-corrected chi connectivity index (χ1v) is 19.0. The molecule has 0 aromatic heterocycles. The number of hydrogen-bond acceptors (Lipinski definition) is 9. The number of para-hydroxylation sites is 1. The Morgan fingerprint density at radius 2 is 1.45 bits per heavy atom. The Kier molecular flexibility index (Phi) is 15.5. The molecule has 0 atom stereocenters. The van der Waals surface area contributed by atoms with Crippen molar-refractivity contribution in [1.82, 2.24) is 10.0 Å². The number of halogens is 1. The zero-order valence-electron chi connectivity index (χ0n) is 29.5. The average molecular weight is 745 g/mol. The van der Waals surface area contributed by atoms with Crippen LogP contribution in [-0.2, 0) is 46.6 Å². The Morgan fingerprint density at radius 1 is 0.804 bits per heavy atom. The Labute approximate surface area is 306 Å². The SMILES string of the molecule is CC(C)(C)OC(=O)NCCOCCOCCOCCC(=O)Nc1ccc(S(=O)(=O)NCCCN2c3ccccc3CCc3ccc(Cl)cc32)cc1. The second-order valence-corrected chi connectivity index (χ2v) is 15.1. The molecule has 1 aliphatic heterocycles. The van der Waals surface area contributed by atoms with E-state index >= 15 is 0 Å². The van der Waals surface area contributed by atoms with Crippen molar-refractivity contribution in [3.05, 3.63) is 82.9 Å². The third-order valence-electron chi connectivity index (χ3n) is 7.72. The van der Waals surface area contributed by atoms with Gasteiger partial charge in [0.15, 0.2) is 0 Å². The molecule has 0 fully saturated rings. The summed E-state index contributed by atoms with van der Waals surface area (Å²) in [5.74, 6) is -0.254. The summed E-state index contributed by atoms with van der Waals surface area (Å²) in [4.78, 5) is 26.2. The van der Waals surface area contributed by atoms with E-state index in [1.165, 1.54) is 23.3 Å². The molecule has 3 aromatic carbocycles. The zero-order valence-corrected chi connectivity index (χ0v) is 31.1. The number of alkyl carbamates (subject to hydrolysis) is 1. The molecule has 0 spiro atoms. The maximum absolute atomic E-state index is 13.0. The summed E-state index contributed by atoms with van der Waals surface area (Å²) in [5, 5.41) is 6.03. The van der Waals surface area contributed by atoms with E-state index in [4.69, 9.17) is 30.5 Å². The van der Waals surface area contributed by atoms with Gasteiger partial charge in [-0.2, -0.15) is 0 Å². The molecule has 12 nitrogen and oxygen atoms in total. The summed E-state index contributed by atoms with van der Waals surface area (Å²) in [7, 11) is -3.75. The number of ether oxygens (including phenoxy) is 4. The number of aryl methyl sites for hydroxylation is 2. The Bertz CT molecular complexity index is 1680. The van der Waals surface area contributed by atoms with Crippen LogP contribution in [-0.4, -0.2) is 85.3 Å². The number of carbonyl (C=O) groups excluding carboxylic acids is 2. The van der Waals surface area contributed by atoms with Gasteiger partial charge in [0.05, 0.1) is 51.0 Å². The van der Waals surface area contributed by atoms with Gasteiger partial charge in [0.25, 0.3) is 0 Å². The van der Waals surface area contributed by atoms with Crippen molar-refractivity contribution in [2.45, 2.75) is 57.0 Å². The van der Waals surface area contributed by atoms with E-state index < -0.39 is 21.7 Å². The fourth-order valence-corrected chi connectivity index (χ4v) is 6.58. The summed E-state index contributed by atoms with van der Waals surface area (Å²) in [6, 6.07) is 20.3. The van der Waals surface area contributed by atoms with Gasteiger partial charge in [-0.15, -0.1) is 0 Å². The van der Waals surface area contributed by atoms with Crippen LogP contribution >= 0.6 is 11.6 Å². The highest BCUT2D eigenvalue weighted by molar-refractivity contribution is 7.89. The topological polar surface area (TPSA) is 145 Å². The number of carbonyl (C=O) groups is 2. The minimum atomic E-state index is -3.75. The second kappa shape index (κ2) is 19.8. The predicted octanol–water partition coefficient (Wildman–Crippen LogP) is 5.85. The quantitative estimate of drug-likeness (QED) is 0.129. The maximum Gasteiger partial charge on any atom is 0.407 e. The smallest absolute Gasteiger partial charge is 0.407 e. The molecule has 0 aliphatic carbocycles. The number of nitrogens with one attached hydrogen (secondary N) is 3. The normalized spacial score (nSPS) is 12.8. The highest BCUT2D eigenvalue weighted by Crippen LogP contribution is 2.37. The molecule has 3 aromatic rings. The summed E-state index contributed by atoms with van der Waals surface area (Å²) >= 11 is 6.36. The maximum atomic E-state index is 13.0. The Balaban J connectivity index is 1.09. The number of hydrogen-bond donors (Lipinski definition) is 3. The van der Waals surface area contributed by atoms with E-state index in [-0.39, 0.29) is 30.4 Å². The molecule has 0 bridgehead atoms. The van der Waals surface area contributed by atoms with Gasteiger partial charge in [-0.05, 0) is 93.6 Å². The molecule has 3 N–H and O–H groups in total. The summed E-state index contributed by atoms with van der Waals surface area (Å²) < 4.78 is 50.2. The van der Waals surface area contributed by atoms with Gasteiger partial charge in [-0.3, -0.25) is 4.79 Å². The molecule has 51 heavy (non-hydrogen) atoms. The lowest BCUT2D eigenvalue weighted by atomic mass is 10.0. The summed E-state index contributed by atoms with van der Waals surface area (Å²) in [5.41, 5.74) is 4.57. The van der Waals surface area contributed by atoms with Gasteiger partial charge >= 0.3 is 6.09 Å². The van der Waals surface area contributed by atoms with Gasteiger partial charge in [0.1, 0.15) is 5.60 Å². The van der Waals surface area contributed by atoms with Crippen LogP contribution in [0.5, 0.6) is 0 Å². The lowest BCUT2D eigenvalue weighted by Crippen LogP contribution is -2.34.